The van der Waals surface area contributed by atoms with Crippen molar-refractivity contribution in [1.82, 2.24) is 19.6 Å². The van der Waals surface area contributed by atoms with Gasteiger partial charge in [-0.3, -0.25) is 14.3 Å². The van der Waals surface area contributed by atoms with Gasteiger partial charge in [0.05, 0.1) is 16.8 Å². The summed E-state index contributed by atoms with van der Waals surface area (Å²) < 4.78 is 2.90. The molecule has 152 valence electrons. The number of nitrogens with zero attached hydrogens (tertiary/aromatic N) is 4. The first kappa shape index (κ1) is 19.6. The molecule has 0 saturated heterocycles. The van der Waals surface area contributed by atoms with Crippen LogP contribution in [-0.4, -0.2) is 25.5 Å². The number of aromatic nitrogens is 4. The molecule has 0 aliphatic heterocycles. The Balaban J connectivity index is 1.83. The summed E-state index contributed by atoms with van der Waals surface area (Å²) in [6.45, 7) is 6.18. The lowest BCUT2D eigenvalue weighted by Crippen LogP contribution is -2.26. The van der Waals surface area contributed by atoms with E-state index in [1.807, 2.05) is 24.3 Å². The Morgan fingerprint density at radius 1 is 0.933 bits per heavy atom. The second-order valence-electron chi connectivity index (χ2n) is 8.19. The number of amides is 1. The number of aryl methyl sites for hydroxylation is 1. The molecule has 0 saturated carbocycles. The number of rotatable bonds is 3. The zero-order valence-electron chi connectivity index (χ0n) is 17.4. The van der Waals surface area contributed by atoms with E-state index in [0.29, 0.717) is 22.3 Å². The summed E-state index contributed by atoms with van der Waals surface area (Å²) in [4.78, 5) is 26.2. The summed E-state index contributed by atoms with van der Waals surface area (Å²) in [6, 6.07) is 17.9. The topological polar surface area (TPSA) is 81.8 Å². The highest BCUT2D eigenvalue weighted by Gasteiger charge is 2.22. The molecule has 2 aromatic heterocycles. The molecule has 4 rings (SSSR count). The average molecular weight is 401 g/mol. The van der Waals surface area contributed by atoms with Gasteiger partial charge in [0.15, 0.2) is 5.69 Å². The minimum atomic E-state index is -0.403. The quantitative estimate of drug-likeness (QED) is 0.568. The molecule has 1 amide bonds. The molecule has 0 atom stereocenters. The van der Waals surface area contributed by atoms with E-state index >= 15 is 0 Å². The van der Waals surface area contributed by atoms with Crippen molar-refractivity contribution in [3.8, 4) is 5.69 Å². The summed E-state index contributed by atoms with van der Waals surface area (Å²) >= 11 is 0. The Kier molecular flexibility index (Phi) is 4.73. The fourth-order valence-electron chi connectivity index (χ4n) is 3.23. The molecule has 7 nitrogen and oxygen atoms in total. The molecule has 0 aliphatic carbocycles. The van der Waals surface area contributed by atoms with E-state index < -0.39 is 5.91 Å². The number of hydrogen-bond acceptors (Lipinski definition) is 4. The molecular weight excluding hydrogens is 378 g/mol. The maximum atomic E-state index is 13.2. The molecule has 0 bridgehead atoms. The Hall–Kier alpha value is -3.74. The molecule has 2 heterocycles. The number of nitrogens with one attached hydrogen (secondary N) is 1. The van der Waals surface area contributed by atoms with Crippen LogP contribution < -0.4 is 10.9 Å². The molecule has 7 heteroatoms. The first-order valence-corrected chi connectivity index (χ1v) is 9.69. The van der Waals surface area contributed by atoms with Crippen LogP contribution in [0, 0.1) is 0 Å². The number of benzene rings is 2. The van der Waals surface area contributed by atoms with Crippen molar-refractivity contribution in [3.63, 3.8) is 0 Å². The predicted molar refractivity (Wildman–Crippen MR) is 117 cm³/mol. The van der Waals surface area contributed by atoms with Gasteiger partial charge in [-0.25, -0.2) is 0 Å². The predicted octanol–water partition coefficient (Wildman–Crippen LogP) is 3.67. The molecule has 0 unspecified atom stereocenters. The van der Waals surface area contributed by atoms with E-state index in [9.17, 15) is 9.59 Å². The van der Waals surface area contributed by atoms with Gasteiger partial charge in [-0.2, -0.15) is 14.9 Å². The third-order valence-corrected chi connectivity index (χ3v) is 4.91. The highest BCUT2D eigenvalue weighted by molar-refractivity contribution is 6.10. The molecule has 0 fully saturated rings. The number of hydrogen-bond donors (Lipinski definition) is 1. The van der Waals surface area contributed by atoms with E-state index in [0.717, 1.165) is 5.69 Å². The van der Waals surface area contributed by atoms with Gasteiger partial charge in [-0.05, 0) is 18.2 Å². The number of carbonyl (C=O) groups excluding carboxylic acids is 1. The van der Waals surface area contributed by atoms with Crippen LogP contribution in [-0.2, 0) is 12.5 Å². The Labute approximate surface area is 174 Å². The van der Waals surface area contributed by atoms with E-state index in [4.69, 9.17) is 0 Å². The molecule has 4 aromatic rings. The van der Waals surface area contributed by atoms with Crippen LogP contribution in [0.15, 0.2) is 65.5 Å². The standard InChI is InChI=1S/C23H23N5O2/c1-23(2,3)18-14-19(27(4)25-18)24-21(29)20-16-12-8-9-13-17(16)22(30)28(26-20)15-10-6-5-7-11-15/h5-14H,1-4H3,(H,24,29). The smallest absolute Gasteiger partial charge is 0.279 e. The molecule has 2 aromatic carbocycles. The molecule has 0 aliphatic rings. The molecule has 0 radical (unpaired) electrons. The van der Waals surface area contributed by atoms with Crippen molar-refractivity contribution in [1.29, 1.82) is 0 Å². The van der Waals surface area contributed by atoms with Crippen LogP contribution in [0.5, 0.6) is 0 Å². The lowest BCUT2D eigenvalue weighted by atomic mass is 9.92. The van der Waals surface area contributed by atoms with Gasteiger partial charge in [0, 0.05) is 23.9 Å². The summed E-state index contributed by atoms with van der Waals surface area (Å²) in [5.74, 6) is 0.160. The lowest BCUT2D eigenvalue weighted by Gasteiger charge is -2.13. The fourth-order valence-corrected chi connectivity index (χ4v) is 3.23. The highest BCUT2D eigenvalue weighted by Crippen LogP contribution is 2.24. The first-order chi connectivity index (χ1) is 14.3. The van der Waals surface area contributed by atoms with Crippen LogP contribution >= 0.6 is 0 Å². The van der Waals surface area contributed by atoms with Crippen LogP contribution in [0.2, 0.25) is 0 Å². The van der Waals surface area contributed by atoms with Gasteiger partial charge in [0.2, 0.25) is 0 Å². The third-order valence-electron chi connectivity index (χ3n) is 4.91. The largest absolute Gasteiger partial charge is 0.305 e. The van der Waals surface area contributed by atoms with Gasteiger partial charge in [-0.15, -0.1) is 0 Å². The molecule has 0 spiro atoms. The Morgan fingerprint density at radius 2 is 1.57 bits per heavy atom. The monoisotopic (exact) mass is 401 g/mol. The lowest BCUT2D eigenvalue weighted by molar-refractivity contribution is 0.102. The van der Waals surface area contributed by atoms with Crippen molar-refractivity contribution < 1.29 is 4.79 Å². The van der Waals surface area contributed by atoms with Crippen molar-refractivity contribution in [2.24, 2.45) is 7.05 Å². The van der Waals surface area contributed by atoms with E-state index in [1.54, 1.807) is 48.1 Å². The average Bonchev–Trinajstić information content (AvgIpc) is 3.10. The maximum absolute atomic E-state index is 13.2. The van der Waals surface area contributed by atoms with E-state index in [2.05, 4.69) is 36.3 Å². The van der Waals surface area contributed by atoms with Gasteiger partial charge >= 0.3 is 0 Å². The first-order valence-electron chi connectivity index (χ1n) is 9.69. The van der Waals surface area contributed by atoms with Crippen LogP contribution in [0.1, 0.15) is 37.0 Å². The van der Waals surface area contributed by atoms with Gasteiger partial charge in [0.25, 0.3) is 11.5 Å². The van der Waals surface area contributed by atoms with Gasteiger partial charge in [-0.1, -0.05) is 57.2 Å². The van der Waals surface area contributed by atoms with Crippen molar-refractivity contribution in [3.05, 3.63) is 82.4 Å². The highest BCUT2D eigenvalue weighted by atomic mass is 16.2. The van der Waals surface area contributed by atoms with Crippen LogP contribution in [0.4, 0.5) is 5.82 Å². The Bertz CT molecular complexity index is 1300. The second-order valence-corrected chi connectivity index (χ2v) is 8.19. The van der Waals surface area contributed by atoms with Crippen LogP contribution in [0.3, 0.4) is 0 Å². The van der Waals surface area contributed by atoms with Gasteiger partial charge in [0.1, 0.15) is 5.82 Å². The summed E-state index contributed by atoms with van der Waals surface area (Å²) in [5, 5.41) is 12.7. The summed E-state index contributed by atoms with van der Waals surface area (Å²) in [5.41, 5.74) is 1.22. The zero-order chi connectivity index (χ0) is 21.5. The number of anilines is 1. The van der Waals surface area contributed by atoms with Crippen LogP contribution in [0.25, 0.3) is 16.5 Å². The number of para-hydroxylation sites is 1. The third kappa shape index (κ3) is 3.50. The minimum absolute atomic E-state index is 0.147. The van der Waals surface area contributed by atoms with E-state index in [-0.39, 0.29) is 16.7 Å². The Morgan fingerprint density at radius 3 is 2.20 bits per heavy atom. The number of carbonyl (C=O) groups is 1. The summed E-state index contributed by atoms with van der Waals surface area (Å²) in [7, 11) is 1.78. The number of fused-ring (bicyclic) bond motifs is 1. The molecule has 1 N–H and O–H groups in total. The van der Waals surface area contributed by atoms with Crippen molar-refractivity contribution >= 4 is 22.5 Å². The SMILES string of the molecule is Cn1nc(C(C)(C)C)cc1NC(=O)c1nn(-c2ccccc2)c(=O)c2ccccc12. The normalized spacial score (nSPS) is 11.6. The van der Waals surface area contributed by atoms with Crippen molar-refractivity contribution in [2.75, 3.05) is 5.32 Å². The summed E-state index contributed by atoms with van der Waals surface area (Å²) in [6.07, 6.45) is 0. The van der Waals surface area contributed by atoms with Crippen molar-refractivity contribution in [2.45, 2.75) is 26.2 Å². The fraction of sp³-hybridized carbons (Fsp3) is 0.217. The van der Waals surface area contributed by atoms with Gasteiger partial charge < -0.3 is 5.32 Å². The second kappa shape index (κ2) is 7.26. The minimum Gasteiger partial charge on any atom is -0.305 e. The molecule has 30 heavy (non-hydrogen) atoms. The zero-order valence-corrected chi connectivity index (χ0v) is 17.4. The maximum Gasteiger partial charge on any atom is 0.279 e. The van der Waals surface area contributed by atoms with E-state index in [1.165, 1.54) is 4.68 Å². The molecular formula is C23H23N5O2.